The Morgan fingerprint density at radius 1 is 1.05 bits per heavy atom. The number of carboxylic acid groups (broad SMARTS) is 1. The van der Waals surface area contributed by atoms with Crippen LogP contribution in [-0.4, -0.2) is 61.8 Å². The van der Waals surface area contributed by atoms with Crippen molar-refractivity contribution >= 4 is 46.6 Å². The number of Topliss-reactive ketones (excluding diaryl/α,β-unsaturated/α-hetero) is 1. The maximum absolute atomic E-state index is 12.7. The van der Waals surface area contributed by atoms with Gasteiger partial charge in [-0.05, 0) is 31.2 Å². The van der Waals surface area contributed by atoms with Gasteiger partial charge in [-0.1, -0.05) is 31.2 Å². The van der Waals surface area contributed by atoms with Crippen LogP contribution in [0.5, 0.6) is 0 Å². The molecule has 3 aromatic rings. The zero-order chi connectivity index (χ0) is 28.4. The molecule has 0 bridgehead atoms. The average Bonchev–Trinajstić information content (AvgIpc) is 2.91. The first-order valence-corrected chi connectivity index (χ1v) is 12.5. The Kier molecular flexibility index (Phi) is 10.2. The number of amides is 1. The van der Waals surface area contributed by atoms with Gasteiger partial charge in [0, 0.05) is 18.4 Å². The molecule has 13 heteroatoms. The normalized spacial score (nSPS) is 11.6. The summed E-state index contributed by atoms with van der Waals surface area (Å²) in [4.78, 5) is 64.4. The number of hydrogen-bond acceptors (Lipinski definition) is 11. The van der Waals surface area contributed by atoms with Crippen LogP contribution < -0.4 is 16.8 Å². The fourth-order valence-corrected chi connectivity index (χ4v) is 3.72. The number of aliphatic carboxylic acids is 1. The van der Waals surface area contributed by atoms with Gasteiger partial charge in [0.25, 0.3) is 0 Å². The SMILES string of the molecule is CCCOC(=O)CNC(=O)CC[C@H](CC(=O)c1ccc(CCc2cnc3nc(N)nc(N)c3n2)cc1)C(=O)O. The summed E-state index contributed by atoms with van der Waals surface area (Å²) in [5, 5.41) is 11.9. The number of rotatable bonds is 14. The second-order valence-electron chi connectivity index (χ2n) is 8.90. The zero-order valence-electron chi connectivity index (χ0n) is 21.6. The molecule has 0 aliphatic carbocycles. The van der Waals surface area contributed by atoms with Crippen LogP contribution in [0.3, 0.4) is 0 Å². The van der Waals surface area contributed by atoms with Gasteiger partial charge in [0.2, 0.25) is 11.9 Å². The summed E-state index contributed by atoms with van der Waals surface area (Å²) in [6.07, 6.45) is 3.01. The van der Waals surface area contributed by atoms with Crippen molar-refractivity contribution in [3.05, 3.63) is 47.3 Å². The highest BCUT2D eigenvalue weighted by Crippen LogP contribution is 2.18. The van der Waals surface area contributed by atoms with Crippen molar-refractivity contribution in [2.75, 3.05) is 24.6 Å². The molecule has 0 spiro atoms. The van der Waals surface area contributed by atoms with E-state index in [1.807, 2.05) is 6.92 Å². The van der Waals surface area contributed by atoms with Gasteiger partial charge in [0.05, 0.1) is 24.4 Å². The minimum Gasteiger partial charge on any atom is -0.481 e. The van der Waals surface area contributed by atoms with Gasteiger partial charge < -0.3 is 26.6 Å². The molecule has 0 aliphatic rings. The Morgan fingerprint density at radius 2 is 1.79 bits per heavy atom. The van der Waals surface area contributed by atoms with Gasteiger partial charge >= 0.3 is 11.9 Å². The van der Waals surface area contributed by atoms with E-state index >= 15 is 0 Å². The summed E-state index contributed by atoms with van der Waals surface area (Å²) in [5.74, 6) is -3.41. The second-order valence-corrected chi connectivity index (χ2v) is 8.90. The standard InChI is InChI=1S/C26H31N7O6/c1-2-11-39-21(36)14-29-20(35)10-8-17(25(37)38)12-19(34)16-6-3-15(4-7-16)5-9-18-13-30-24-22(31-18)23(27)32-26(28)33-24/h3-4,6-7,13,17H,2,5,8-12,14H2,1H3,(H,29,35)(H,37,38)(H4,27,28,30,32,33)/t17-/m1/s1. The second kappa shape index (κ2) is 13.7. The first-order chi connectivity index (χ1) is 18.7. The monoisotopic (exact) mass is 537 g/mol. The number of carbonyl (C=O) groups excluding carboxylic acids is 3. The molecule has 3 rings (SSSR count). The number of carbonyl (C=O) groups is 4. The summed E-state index contributed by atoms with van der Waals surface area (Å²) in [5.41, 5.74) is 14.1. The molecular formula is C26H31N7O6. The van der Waals surface area contributed by atoms with Crippen LogP contribution in [0.25, 0.3) is 11.2 Å². The number of benzene rings is 1. The van der Waals surface area contributed by atoms with E-state index in [4.69, 9.17) is 16.2 Å². The molecule has 2 aromatic heterocycles. The smallest absolute Gasteiger partial charge is 0.325 e. The van der Waals surface area contributed by atoms with Gasteiger partial charge in [0.1, 0.15) is 6.54 Å². The molecule has 0 fully saturated rings. The molecule has 0 unspecified atom stereocenters. The fourth-order valence-electron chi connectivity index (χ4n) is 3.72. The van der Waals surface area contributed by atoms with Crippen molar-refractivity contribution in [1.82, 2.24) is 25.3 Å². The van der Waals surface area contributed by atoms with E-state index < -0.39 is 23.8 Å². The minimum absolute atomic E-state index is 0.0262. The number of hydrogen-bond donors (Lipinski definition) is 4. The Hall–Kier alpha value is -4.68. The van der Waals surface area contributed by atoms with E-state index in [1.165, 1.54) is 0 Å². The number of nitrogen functional groups attached to an aromatic ring is 2. The summed E-state index contributed by atoms with van der Waals surface area (Å²) < 4.78 is 4.87. The number of anilines is 2. The van der Waals surface area contributed by atoms with E-state index in [9.17, 15) is 24.3 Å². The third-order valence-corrected chi connectivity index (χ3v) is 5.84. The van der Waals surface area contributed by atoms with Crippen LogP contribution >= 0.6 is 0 Å². The predicted molar refractivity (Wildman–Crippen MR) is 141 cm³/mol. The maximum atomic E-state index is 12.7. The summed E-state index contributed by atoms with van der Waals surface area (Å²) >= 11 is 0. The largest absolute Gasteiger partial charge is 0.481 e. The number of aromatic nitrogens is 4. The lowest BCUT2D eigenvalue weighted by Gasteiger charge is -2.12. The van der Waals surface area contributed by atoms with Crippen molar-refractivity contribution in [3.63, 3.8) is 0 Å². The number of nitrogens with one attached hydrogen (secondary N) is 1. The van der Waals surface area contributed by atoms with Crippen LogP contribution in [0, 0.1) is 5.92 Å². The van der Waals surface area contributed by atoms with Gasteiger partial charge in [-0.3, -0.25) is 19.2 Å². The topological polar surface area (TPSA) is 213 Å². The maximum Gasteiger partial charge on any atom is 0.325 e. The van der Waals surface area contributed by atoms with Crippen molar-refractivity contribution in [2.45, 2.75) is 45.4 Å². The molecule has 2 heterocycles. The molecule has 1 amide bonds. The molecule has 1 atom stereocenters. The number of nitrogens with two attached hydrogens (primary N) is 2. The molecule has 39 heavy (non-hydrogen) atoms. The molecule has 0 saturated carbocycles. The van der Waals surface area contributed by atoms with Crippen LogP contribution in [0.2, 0.25) is 0 Å². The molecule has 206 valence electrons. The van der Waals surface area contributed by atoms with E-state index in [0.29, 0.717) is 41.7 Å². The molecule has 1 aromatic carbocycles. The van der Waals surface area contributed by atoms with Gasteiger partial charge in [-0.2, -0.15) is 9.97 Å². The lowest BCUT2D eigenvalue weighted by Crippen LogP contribution is -2.31. The molecule has 13 nitrogen and oxygen atoms in total. The summed E-state index contributed by atoms with van der Waals surface area (Å²) in [6.45, 7) is 1.83. The lowest BCUT2D eigenvalue weighted by molar-refractivity contribution is -0.144. The molecule has 6 N–H and O–H groups in total. The van der Waals surface area contributed by atoms with E-state index in [1.54, 1.807) is 30.5 Å². The molecule has 0 aliphatic heterocycles. The third-order valence-electron chi connectivity index (χ3n) is 5.84. The van der Waals surface area contributed by atoms with Crippen LogP contribution in [0.15, 0.2) is 30.5 Å². The number of carboxylic acids is 1. The Morgan fingerprint density at radius 3 is 2.49 bits per heavy atom. The molecular weight excluding hydrogens is 506 g/mol. The van der Waals surface area contributed by atoms with Gasteiger partial charge in [-0.15, -0.1) is 0 Å². The van der Waals surface area contributed by atoms with E-state index in [0.717, 1.165) is 5.56 Å². The van der Waals surface area contributed by atoms with Crippen LogP contribution in [0.4, 0.5) is 11.8 Å². The van der Waals surface area contributed by atoms with Crippen molar-refractivity contribution in [3.8, 4) is 0 Å². The lowest BCUT2D eigenvalue weighted by atomic mass is 9.93. The zero-order valence-corrected chi connectivity index (χ0v) is 21.6. The van der Waals surface area contributed by atoms with Crippen molar-refractivity contribution in [2.24, 2.45) is 5.92 Å². The van der Waals surface area contributed by atoms with Crippen LogP contribution in [-0.2, 0) is 32.0 Å². The number of fused-ring (bicyclic) bond motifs is 1. The Bertz CT molecular complexity index is 1350. The molecule has 0 saturated heterocycles. The number of ketones is 1. The summed E-state index contributed by atoms with van der Waals surface area (Å²) in [7, 11) is 0. The quantitative estimate of drug-likeness (QED) is 0.170. The highest BCUT2D eigenvalue weighted by atomic mass is 16.5. The van der Waals surface area contributed by atoms with Gasteiger partial charge in [-0.25, -0.2) is 9.97 Å². The van der Waals surface area contributed by atoms with Crippen molar-refractivity contribution < 1.29 is 29.0 Å². The Balaban J connectivity index is 1.50. The number of nitrogens with zero attached hydrogens (tertiary/aromatic N) is 4. The molecule has 0 radical (unpaired) electrons. The number of ether oxygens (including phenoxy) is 1. The predicted octanol–water partition coefficient (Wildman–Crippen LogP) is 1.49. The first-order valence-electron chi connectivity index (χ1n) is 12.5. The van der Waals surface area contributed by atoms with Crippen LogP contribution in [0.1, 0.15) is 54.2 Å². The van der Waals surface area contributed by atoms with E-state index in [-0.39, 0.29) is 50.0 Å². The summed E-state index contributed by atoms with van der Waals surface area (Å²) in [6, 6.07) is 6.87. The fraction of sp³-hybridized carbons (Fsp3) is 0.385. The first kappa shape index (κ1) is 28.9. The van der Waals surface area contributed by atoms with Gasteiger partial charge in [0.15, 0.2) is 22.8 Å². The van der Waals surface area contributed by atoms with Crippen molar-refractivity contribution in [1.29, 1.82) is 0 Å². The Labute approximate surface area is 224 Å². The van der Waals surface area contributed by atoms with E-state index in [2.05, 4.69) is 25.3 Å². The minimum atomic E-state index is -1.17. The number of aryl methyl sites for hydroxylation is 2. The third kappa shape index (κ3) is 8.69. The number of esters is 1. The average molecular weight is 538 g/mol. The highest BCUT2D eigenvalue weighted by molar-refractivity contribution is 5.98. The highest BCUT2D eigenvalue weighted by Gasteiger charge is 2.23.